The topological polar surface area (TPSA) is 94.1 Å². The van der Waals surface area contributed by atoms with Gasteiger partial charge in [0, 0.05) is 36.3 Å². The minimum Gasteiger partial charge on any atom is -0.481 e. The van der Waals surface area contributed by atoms with Gasteiger partial charge in [0.05, 0.1) is 17.8 Å². The van der Waals surface area contributed by atoms with E-state index in [1.807, 2.05) is 24.3 Å². The van der Waals surface area contributed by atoms with Crippen molar-refractivity contribution in [1.29, 1.82) is 0 Å². The summed E-state index contributed by atoms with van der Waals surface area (Å²) in [5.74, 6) is -1.55. The Bertz CT molecular complexity index is 1150. The number of hydrogen-bond acceptors (Lipinski definition) is 5. The lowest BCUT2D eigenvalue weighted by Gasteiger charge is -2.46. The second kappa shape index (κ2) is 11.5. The SMILES string of the molecule is CC1(C)CN(CC[C@H](C[C@@H](Cc2ccc(-c3cc(Cl)ccc3F)cc2)NCc2cn[nH]n2)C(=O)O)C1. The lowest BCUT2D eigenvalue weighted by molar-refractivity contribution is -0.142. The molecule has 3 N–H and O–H groups in total. The summed E-state index contributed by atoms with van der Waals surface area (Å²) >= 11 is 6.05. The van der Waals surface area contributed by atoms with Crippen LogP contribution in [0.25, 0.3) is 11.1 Å². The number of likely N-dealkylation sites (tertiary alicyclic amines) is 1. The molecule has 0 bridgehead atoms. The standard InChI is InChI=1S/C27H33ClFN5O2/c1-27(2)16-34(17-27)10-9-20(26(35)36)12-22(30-14-23-15-31-33-32-23)11-18-3-5-19(6-4-18)24-13-21(28)7-8-25(24)29/h3-8,13,15,20,22,30H,9-12,14,16-17H2,1-2H3,(H,35,36)(H,31,32,33)/t20-,22-/m1/s1. The Labute approximate surface area is 216 Å². The van der Waals surface area contributed by atoms with Gasteiger partial charge in [-0.15, -0.1) is 0 Å². The maximum Gasteiger partial charge on any atom is 0.306 e. The van der Waals surface area contributed by atoms with Crippen LogP contribution in [0.5, 0.6) is 0 Å². The predicted octanol–water partition coefficient (Wildman–Crippen LogP) is 4.79. The second-order valence-corrected chi connectivity index (χ2v) is 10.9. The number of aromatic nitrogens is 3. The van der Waals surface area contributed by atoms with E-state index in [1.165, 1.54) is 12.1 Å². The molecule has 36 heavy (non-hydrogen) atoms. The molecule has 1 aliphatic rings. The molecule has 1 aromatic heterocycles. The molecule has 0 spiro atoms. The first-order valence-corrected chi connectivity index (χ1v) is 12.6. The van der Waals surface area contributed by atoms with Crippen LogP contribution in [0.15, 0.2) is 48.7 Å². The molecule has 1 aliphatic heterocycles. The molecule has 1 fully saturated rings. The molecule has 1 saturated heterocycles. The zero-order valence-corrected chi connectivity index (χ0v) is 21.4. The van der Waals surface area contributed by atoms with Crippen molar-refractivity contribution in [2.45, 2.75) is 45.7 Å². The van der Waals surface area contributed by atoms with Crippen molar-refractivity contribution in [3.05, 3.63) is 70.8 Å². The Morgan fingerprint density at radius 2 is 2.00 bits per heavy atom. The van der Waals surface area contributed by atoms with Crippen LogP contribution in [0.3, 0.4) is 0 Å². The first kappa shape index (κ1) is 26.3. The number of aliphatic carboxylic acids is 1. The summed E-state index contributed by atoms with van der Waals surface area (Å²) in [6, 6.07) is 12.1. The van der Waals surface area contributed by atoms with Crippen LogP contribution in [0.1, 0.15) is 37.9 Å². The van der Waals surface area contributed by atoms with Gasteiger partial charge in [-0.05, 0) is 60.5 Å². The fraction of sp³-hybridized carbons (Fsp3) is 0.444. The van der Waals surface area contributed by atoms with Gasteiger partial charge in [-0.25, -0.2) is 4.39 Å². The van der Waals surface area contributed by atoms with Crippen LogP contribution in [0.2, 0.25) is 5.02 Å². The summed E-state index contributed by atoms with van der Waals surface area (Å²) in [6.45, 7) is 7.75. The molecule has 0 unspecified atom stereocenters. The van der Waals surface area contributed by atoms with Crippen LogP contribution in [-0.4, -0.2) is 57.1 Å². The van der Waals surface area contributed by atoms with Crippen molar-refractivity contribution in [3.8, 4) is 11.1 Å². The van der Waals surface area contributed by atoms with E-state index in [0.717, 1.165) is 36.5 Å². The molecule has 0 aliphatic carbocycles. The van der Waals surface area contributed by atoms with Crippen molar-refractivity contribution >= 4 is 17.6 Å². The van der Waals surface area contributed by atoms with Crippen molar-refractivity contribution in [2.75, 3.05) is 19.6 Å². The number of nitrogens with one attached hydrogen (secondary N) is 2. The van der Waals surface area contributed by atoms with E-state index in [1.54, 1.807) is 12.3 Å². The third-order valence-corrected chi connectivity index (χ3v) is 6.96. The molecular weight excluding hydrogens is 481 g/mol. The second-order valence-electron chi connectivity index (χ2n) is 10.5. The highest BCUT2D eigenvalue weighted by molar-refractivity contribution is 6.30. The summed E-state index contributed by atoms with van der Waals surface area (Å²) < 4.78 is 14.3. The van der Waals surface area contributed by atoms with Crippen LogP contribution in [0.4, 0.5) is 4.39 Å². The number of carbonyl (C=O) groups is 1. The average molecular weight is 514 g/mol. The summed E-state index contributed by atoms with van der Waals surface area (Å²) in [4.78, 5) is 14.4. The molecule has 0 radical (unpaired) electrons. The molecule has 2 heterocycles. The number of benzene rings is 2. The van der Waals surface area contributed by atoms with Crippen molar-refractivity contribution in [1.82, 2.24) is 25.6 Å². The summed E-state index contributed by atoms with van der Waals surface area (Å²) in [7, 11) is 0. The Morgan fingerprint density at radius 1 is 1.25 bits per heavy atom. The first-order chi connectivity index (χ1) is 17.2. The summed E-state index contributed by atoms with van der Waals surface area (Å²) in [5.41, 5.74) is 3.32. The fourth-order valence-electron chi connectivity index (χ4n) is 4.97. The van der Waals surface area contributed by atoms with Gasteiger partial charge >= 0.3 is 5.97 Å². The molecule has 3 aromatic rings. The number of carboxylic acids is 1. The van der Waals surface area contributed by atoms with Gasteiger partial charge < -0.3 is 15.3 Å². The average Bonchev–Trinajstić information content (AvgIpc) is 3.34. The summed E-state index contributed by atoms with van der Waals surface area (Å²) in [5, 5.41) is 24.4. The molecule has 2 aromatic carbocycles. The first-order valence-electron chi connectivity index (χ1n) is 12.3. The number of hydrogen-bond donors (Lipinski definition) is 3. The van der Waals surface area contributed by atoms with Crippen LogP contribution in [0, 0.1) is 17.2 Å². The van der Waals surface area contributed by atoms with Crippen LogP contribution in [-0.2, 0) is 17.8 Å². The van der Waals surface area contributed by atoms with E-state index in [4.69, 9.17) is 11.6 Å². The van der Waals surface area contributed by atoms with E-state index in [2.05, 4.69) is 39.5 Å². The lowest BCUT2D eigenvalue weighted by Crippen LogP contribution is -2.53. The molecular formula is C27H33ClFN5O2. The van der Waals surface area contributed by atoms with Crippen LogP contribution >= 0.6 is 11.6 Å². The molecule has 4 rings (SSSR count). The Kier molecular flexibility index (Phi) is 8.39. The Hall–Kier alpha value is -2.81. The van der Waals surface area contributed by atoms with E-state index < -0.39 is 11.9 Å². The maximum absolute atomic E-state index is 14.3. The van der Waals surface area contributed by atoms with Gasteiger partial charge in [0.2, 0.25) is 0 Å². The third-order valence-electron chi connectivity index (χ3n) is 6.73. The largest absolute Gasteiger partial charge is 0.481 e. The number of halogens is 2. The lowest BCUT2D eigenvalue weighted by atomic mass is 9.83. The number of nitrogens with zero attached hydrogens (tertiary/aromatic N) is 3. The fourth-order valence-corrected chi connectivity index (χ4v) is 5.14. The number of rotatable bonds is 12. The summed E-state index contributed by atoms with van der Waals surface area (Å²) in [6.07, 6.45) is 3.39. The molecule has 7 nitrogen and oxygen atoms in total. The van der Waals surface area contributed by atoms with Crippen molar-refractivity contribution in [3.63, 3.8) is 0 Å². The highest BCUT2D eigenvalue weighted by atomic mass is 35.5. The highest BCUT2D eigenvalue weighted by Crippen LogP contribution is 2.30. The van der Waals surface area contributed by atoms with Gasteiger partial charge in [-0.1, -0.05) is 49.7 Å². The van der Waals surface area contributed by atoms with E-state index >= 15 is 0 Å². The monoisotopic (exact) mass is 513 g/mol. The van der Waals surface area contributed by atoms with Gasteiger partial charge in [0.25, 0.3) is 0 Å². The van der Waals surface area contributed by atoms with Crippen molar-refractivity contribution < 1.29 is 14.3 Å². The van der Waals surface area contributed by atoms with Gasteiger partial charge in [-0.3, -0.25) is 4.79 Å². The molecule has 192 valence electrons. The Balaban J connectivity index is 1.43. The predicted molar refractivity (Wildman–Crippen MR) is 138 cm³/mol. The minimum atomic E-state index is -0.769. The van der Waals surface area contributed by atoms with E-state index in [0.29, 0.717) is 41.8 Å². The molecule has 0 saturated carbocycles. The zero-order chi connectivity index (χ0) is 25.7. The quantitative estimate of drug-likeness (QED) is 0.322. The third kappa shape index (κ3) is 7.12. The number of H-pyrrole nitrogens is 1. The maximum atomic E-state index is 14.3. The highest BCUT2D eigenvalue weighted by Gasteiger charge is 2.34. The smallest absolute Gasteiger partial charge is 0.306 e. The van der Waals surface area contributed by atoms with E-state index in [-0.39, 0.29) is 11.9 Å². The van der Waals surface area contributed by atoms with Crippen LogP contribution < -0.4 is 5.32 Å². The van der Waals surface area contributed by atoms with E-state index in [9.17, 15) is 14.3 Å². The molecule has 2 atom stereocenters. The van der Waals surface area contributed by atoms with Gasteiger partial charge in [0.1, 0.15) is 5.82 Å². The Morgan fingerprint density at radius 3 is 2.64 bits per heavy atom. The van der Waals surface area contributed by atoms with Gasteiger partial charge in [-0.2, -0.15) is 15.4 Å². The van der Waals surface area contributed by atoms with Gasteiger partial charge in [0.15, 0.2) is 0 Å². The minimum absolute atomic E-state index is 0.0793. The molecule has 9 heteroatoms. The number of carboxylic acid groups (broad SMARTS) is 1. The number of aromatic amines is 1. The van der Waals surface area contributed by atoms with Crippen molar-refractivity contribution in [2.24, 2.45) is 11.3 Å². The zero-order valence-electron chi connectivity index (χ0n) is 20.7. The normalized spacial score (nSPS) is 16.9. The molecule has 0 amide bonds.